The first-order valence-corrected chi connectivity index (χ1v) is 7.69. The lowest BCUT2D eigenvalue weighted by Gasteiger charge is -2.09. The van der Waals surface area contributed by atoms with Crippen LogP contribution in [0.15, 0.2) is 30.0 Å². The number of amides is 1. The zero-order valence-electron chi connectivity index (χ0n) is 13.0. The fourth-order valence-electron chi connectivity index (χ4n) is 2.08. The lowest BCUT2D eigenvalue weighted by molar-refractivity contribution is -0.145. The van der Waals surface area contributed by atoms with Crippen molar-refractivity contribution in [3.8, 4) is 5.75 Å². The van der Waals surface area contributed by atoms with Crippen LogP contribution in [0.25, 0.3) is 6.08 Å². The van der Waals surface area contributed by atoms with Gasteiger partial charge in [-0.05, 0) is 38.2 Å². The maximum absolute atomic E-state index is 12.2. The van der Waals surface area contributed by atoms with Crippen LogP contribution in [-0.4, -0.2) is 41.6 Å². The van der Waals surface area contributed by atoms with Gasteiger partial charge in [-0.15, -0.1) is 0 Å². The second-order valence-electron chi connectivity index (χ2n) is 4.67. The molecule has 1 saturated heterocycles. The van der Waals surface area contributed by atoms with E-state index in [-0.39, 0.29) is 12.5 Å². The number of nitrogens with one attached hydrogen (secondary N) is 1. The Labute approximate surface area is 140 Å². The molecule has 1 heterocycles. The Balaban J connectivity index is 2.18. The van der Waals surface area contributed by atoms with Crippen molar-refractivity contribution in [3.63, 3.8) is 0 Å². The predicted octanol–water partition coefficient (Wildman–Crippen LogP) is 1.71. The number of thiocarbonyl (C=S) groups is 1. The average Bonchev–Trinajstić information content (AvgIpc) is 2.80. The molecule has 1 aromatic rings. The van der Waals surface area contributed by atoms with Gasteiger partial charge in [-0.3, -0.25) is 9.69 Å². The molecule has 0 aliphatic carbocycles. The van der Waals surface area contributed by atoms with Gasteiger partial charge in [0.2, 0.25) is 0 Å². The van der Waals surface area contributed by atoms with Crippen LogP contribution in [-0.2, 0) is 14.3 Å². The van der Waals surface area contributed by atoms with Crippen LogP contribution in [0.2, 0.25) is 0 Å². The number of nitrogens with zero attached hydrogens (tertiary/aromatic N) is 1. The highest BCUT2D eigenvalue weighted by molar-refractivity contribution is 7.80. The Kier molecular flexibility index (Phi) is 5.70. The monoisotopic (exact) mass is 334 g/mol. The molecule has 2 rings (SSSR count). The minimum Gasteiger partial charge on any atom is -0.481 e. The van der Waals surface area contributed by atoms with Crippen LogP contribution in [0, 0.1) is 0 Å². The molecule has 1 aliphatic heterocycles. The molecule has 1 N–H and O–H groups in total. The summed E-state index contributed by atoms with van der Waals surface area (Å²) in [6, 6.07) is 7.12. The first-order valence-electron chi connectivity index (χ1n) is 7.28. The average molecular weight is 334 g/mol. The van der Waals surface area contributed by atoms with Gasteiger partial charge in [-0.1, -0.05) is 18.2 Å². The fourth-order valence-corrected chi connectivity index (χ4v) is 2.41. The van der Waals surface area contributed by atoms with Gasteiger partial charge in [-0.25, -0.2) is 4.79 Å². The van der Waals surface area contributed by atoms with Crippen LogP contribution < -0.4 is 10.1 Å². The summed E-state index contributed by atoms with van der Waals surface area (Å²) in [6.45, 7) is 4.20. The van der Waals surface area contributed by atoms with Crippen molar-refractivity contribution in [3.05, 3.63) is 35.5 Å². The molecule has 23 heavy (non-hydrogen) atoms. The molecule has 122 valence electrons. The highest BCUT2D eigenvalue weighted by atomic mass is 32.1. The van der Waals surface area contributed by atoms with Gasteiger partial charge in [0.15, 0.2) is 11.7 Å². The summed E-state index contributed by atoms with van der Waals surface area (Å²) in [7, 11) is 0. The second kappa shape index (κ2) is 7.73. The number of carbonyl (C=O) groups excluding carboxylic acids is 2. The highest BCUT2D eigenvalue weighted by Crippen LogP contribution is 2.22. The van der Waals surface area contributed by atoms with Gasteiger partial charge < -0.3 is 14.8 Å². The van der Waals surface area contributed by atoms with E-state index < -0.39 is 5.97 Å². The number of hydrogen-bond donors (Lipinski definition) is 1. The number of para-hydroxylation sites is 1. The standard InChI is InChI=1S/C16H18N2O4S/c1-3-18-15(20)12(17-16(18)23)9-11-7-5-6-8-13(11)22-10-14(19)21-4-2/h5-9H,3-4,10H2,1-2H3,(H,17,23). The molecular formula is C16H18N2O4S. The van der Waals surface area contributed by atoms with E-state index in [4.69, 9.17) is 21.7 Å². The van der Waals surface area contributed by atoms with Gasteiger partial charge in [0.1, 0.15) is 11.4 Å². The van der Waals surface area contributed by atoms with Crippen molar-refractivity contribution >= 4 is 35.3 Å². The molecule has 1 amide bonds. The Morgan fingerprint density at radius 1 is 1.35 bits per heavy atom. The van der Waals surface area contributed by atoms with Crippen LogP contribution in [0.4, 0.5) is 0 Å². The summed E-state index contributed by atoms with van der Waals surface area (Å²) < 4.78 is 10.3. The SMILES string of the molecule is CCOC(=O)COc1ccccc1C=C1NC(=S)N(CC)C1=O. The zero-order chi connectivity index (χ0) is 16.8. The largest absolute Gasteiger partial charge is 0.481 e. The Morgan fingerprint density at radius 3 is 2.74 bits per heavy atom. The molecule has 7 heteroatoms. The molecule has 6 nitrogen and oxygen atoms in total. The smallest absolute Gasteiger partial charge is 0.344 e. The van der Waals surface area contributed by atoms with Crippen LogP contribution in [0.3, 0.4) is 0 Å². The number of benzene rings is 1. The third kappa shape index (κ3) is 4.07. The van der Waals surface area contributed by atoms with Crippen molar-refractivity contribution in [2.45, 2.75) is 13.8 Å². The minimum atomic E-state index is -0.441. The van der Waals surface area contributed by atoms with Crippen molar-refractivity contribution in [1.82, 2.24) is 10.2 Å². The number of hydrogen-bond acceptors (Lipinski definition) is 5. The molecule has 1 fully saturated rings. The fraction of sp³-hybridized carbons (Fsp3) is 0.312. The number of esters is 1. The molecule has 0 aromatic heterocycles. The van der Waals surface area contributed by atoms with Gasteiger partial charge in [0, 0.05) is 12.1 Å². The maximum atomic E-state index is 12.2. The summed E-state index contributed by atoms with van der Waals surface area (Å²) in [5, 5.41) is 3.27. The Morgan fingerprint density at radius 2 is 2.09 bits per heavy atom. The third-order valence-electron chi connectivity index (χ3n) is 3.15. The van der Waals surface area contributed by atoms with Crippen molar-refractivity contribution in [2.24, 2.45) is 0 Å². The van der Waals surface area contributed by atoms with Crippen molar-refractivity contribution in [2.75, 3.05) is 19.8 Å². The van der Waals surface area contributed by atoms with Crippen LogP contribution >= 0.6 is 12.2 Å². The topological polar surface area (TPSA) is 67.9 Å². The van der Waals surface area contributed by atoms with E-state index in [1.54, 1.807) is 31.2 Å². The number of ether oxygens (including phenoxy) is 2. The Hall–Kier alpha value is -2.41. The molecule has 1 aliphatic rings. The van der Waals surface area contributed by atoms with Crippen molar-refractivity contribution < 1.29 is 19.1 Å². The lowest BCUT2D eigenvalue weighted by atomic mass is 10.1. The maximum Gasteiger partial charge on any atom is 0.344 e. The summed E-state index contributed by atoms with van der Waals surface area (Å²) in [4.78, 5) is 25.1. The number of rotatable bonds is 6. The molecule has 0 bridgehead atoms. The second-order valence-corrected chi connectivity index (χ2v) is 5.06. The van der Waals surface area contributed by atoms with E-state index in [2.05, 4.69) is 5.32 Å². The molecule has 0 spiro atoms. The van der Waals surface area contributed by atoms with E-state index >= 15 is 0 Å². The molecule has 1 aromatic carbocycles. The van der Waals surface area contributed by atoms with Gasteiger partial charge >= 0.3 is 5.97 Å². The summed E-state index contributed by atoms with van der Waals surface area (Å²) >= 11 is 5.12. The quantitative estimate of drug-likeness (QED) is 0.485. The molecule has 0 atom stereocenters. The van der Waals surface area contributed by atoms with E-state index in [1.165, 1.54) is 4.90 Å². The first-order chi connectivity index (χ1) is 11.1. The number of carbonyl (C=O) groups is 2. The Bertz CT molecular complexity index is 657. The lowest BCUT2D eigenvalue weighted by Crippen LogP contribution is -2.30. The van der Waals surface area contributed by atoms with E-state index in [9.17, 15) is 9.59 Å². The van der Waals surface area contributed by atoms with Crippen molar-refractivity contribution in [1.29, 1.82) is 0 Å². The zero-order valence-corrected chi connectivity index (χ0v) is 13.8. The third-order valence-corrected chi connectivity index (χ3v) is 3.47. The van der Waals surface area contributed by atoms with Gasteiger partial charge in [0.05, 0.1) is 6.61 Å². The first kappa shape index (κ1) is 17.0. The van der Waals surface area contributed by atoms with E-state index in [1.807, 2.05) is 13.0 Å². The normalized spacial score (nSPS) is 15.7. The number of likely N-dealkylation sites (N-methyl/N-ethyl adjacent to an activating group) is 1. The van der Waals surface area contributed by atoms with Gasteiger partial charge in [-0.2, -0.15) is 0 Å². The van der Waals surface area contributed by atoms with Gasteiger partial charge in [0.25, 0.3) is 5.91 Å². The summed E-state index contributed by atoms with van der Waals surface area (Å²) in [5.74, 6) is -0.135. The highest BCUT2D eigenvalue weighted by Gasteiger charge is 2.29. The summed E-state index contributed by atoms with van der Waals surface area (Å²) in [5.41, 5.74) is 1.05. The van der Waals surface area contributed by atoms with E-state index in [0.717, 1.165) is 0 Å². The molecule has 0 saturated carbocycles. The van der Waals surface area contributed by atoms with E-state index in [0.29, 0.717) is 35.3 Å². The van der Waals surface area contributed by atoms with Crippen LogP contribution in [0.1, 0.15) is 19.4 Å². The molecule has 0 radical (unpaired) electrons. The molecular weight excluding hydrogens is 316 g/mol. The minimum absolute atomic E-state index is 0.183. The predicted molar refractivity (Wildman–Crippen MR) is 89.7 cm³/mol. The van der Waals surface area contributed by atoms with Crippen LogP contribution in [0.5, 0.6) is 5.75 Å². The molecule has 0 unspecified atom stereocenters. The summed E-state index contributed by atoms with van der Waals surface area (Å²) in [6.07, 6.45) is 1.66.